The maximum atomic E-state index is 13.2. The van der Waals surface area contributed by atoms with Crippen molar-refractivity contribution in [3.63, 3.8) is 0 Å². The van der Waals surface area contributed by atoms with Crippen molar-refractivity contribution in [1.82, 2.24) is 4.90 Å². The van der Waals surface area contributed by atoms with E-state index in [1.165, 1.54) is 11.2 Å². The van der Waals surface area contributed by atoms with E-state index < -0.39 is 17.7 Å². The van der Waals surface area contributed by atoms with Crippen LogP contribution in [0.25, 0.3) is 5.76 Å². The Kier molecular flexibility index (Phi) is 7.01. The van der Waals surface area contributed by atoms with Crippen LogP contribution in [0.15, 0.2) is 76.9 Å². The van der Waals surface area contributed by atoms with Crippen molar-refractivity contribution in [3.8, 4) is 11.5 Å². The Bertz CT molecular complexity index is 1200. The molecule has 176 valence electrons. The minimum atomic E-state index is -0.814. The summed E-state index contributed by atoms with van der Waals surface area (Å²) in [6.07, 6.45) is 2.35. The number of furan rings is 1. The van der Waals surface area contributed by atoms with E-state index in [1.54, 1.807) is 54.6 Å². The molecule has 0 saturated carbocycles. The number of aliphatic hydroxyl groups is 1. The van der Waals surface area contributed by atoms with Gasteiger partial charge in [0.05, 0.1) is 37.6 Å². The zero-order valence-electron chi connectivity index (χ0n) is 19.2. The van der Waals surface area contributed by atoms with E-state index in [9.17, 15) is 14.7 Å². The number of hydrogen-bond donors (Lipinski definition) is 1. The van der Waals surface area contributed by atoms with Gasteiger partial charge in [0.1, 0.15) is 23.0 Å². The van der Waals surface area contributed by atoms with Crippen LogP contribution in [0, 0.1) is 0 Å². The molecule has 0 aliphatic carbocycles. The molecule has 2 aromatic carbocycles. The van der Waals surface area contributed by atoms with Crippen LogP contribution in [0.5, 0.6) is 11.5 Å². The van der Waals surface area contributed by atoms with E-state index in [1.807, 2.05) is 19.9 Å². The van der Waals surface area contributed by atoms with Crippen molar-refractivity contribution < 1.29 is 28.6 Å². The molecule has 0 bridgehead atoms. The monoisotopic (exact) mass is 461 g/mol. The van der Waals surface area contributed by atoms with E-state index in [2.05, 4.69) is 0 Å². The Hall–Kier alpha value is -4.00. The Balaban J connectivity index is 1.82. The molecule has 34 heavy (non-hydrogen) atoms. The summed E-state index contributed by atoms with van der Waals surface area (Å²) < 4.78 is 16.7. The molecule has 0 spiro atoms. The number of aliphatic hydroxyl groups excluding tert-OH is 1. The first-order valence-corrected chi connectivity index (χ1v) is 11.3. The normalized spacial score (nSPS) is 17.2. The first kappa shape index (κ1) is 23.2. The summed E-state index contributed by atoms with van der Waals surface area (Å²) in [5, 5.41) is 11.3. The van der Waals surface area contributed by atoms with E-state index >= 15 is 0 Å². The molecule has 7 heteroatoms. The van der Waals surface area contributed by atoms with Gasteiger partial charge in [0.15, 0.2) is 0 Å². The average Bonchev–Trinajstić information content (AvgIpc) is 3.45. The molecule has 1 amide bonds. The number of benzene rings is 2. The molecule has 4 rings (SSSR count). The predicted octanol–water partition coefficient (Wildman–Crippen LogP) is 5.09. The first-order valence-electron chi connectivity index (χ1n) is 11.3. The maximum absolute atomic E-state index is 13.2. The van der Waals surface area contributed by atoms with Gasteiger partial charge in [-0.1, -0.05) is 31.2 Å². The van der Waals surface area contributed by atoms with Crippen LogP contribution >= 0.6 is 0 Å². The Morgan fingerprint density at radius 1 is 1.00 bits per heavy atom. The summed E-state index contributed by atoms with van der Waals surface area (Å²) in [7, 11) is 0. The number of carbonyl (C=O) groups excluding carboxylic acids is 2. The molecule has 1 unspecified atom stereocenters. The maximum Gasteiger partial charge on any atom is 0.296 e. The molecular formula is C27H27NO6. The van der Waals surface area contributed by atoms with Crippen molar-refractivity contribution in [1.29, 1.82) is 0 Å². The average molecular weight is 462 g/mol. The number of ketones is 1. The standard InChI is InChI=1S/C27H27NO6/c1-3-13-33-21-11-6-9-19(16-21)25(29)23-24(18-8-5-10-20(15-18)32-4-2)28(27(31)26(23)30)17-22-12-7-14-34-22/h5-12,14-16,24,29H,3-4,13,17H2,1-2H3/b25-23-. The van der Waals surface area contributed by atoms with Crippen LogP contribution in [0.4, 0.5) is 0 Å². The number of rotatable bonds is 9. The predicted molar refractivity (Wildman–Crippen MR) is 126 cm³/mol. The number of likely N-dealkylation sites (tertiary alicyclic amines) is 1. The van der Waals surface area contributed by atoms with Crippen molar-refractivity contribution in [2.75, 3.05) is 13.2 Å². The highest BCUT2D eigenvalue weighted by Gasteiger charge is 2.46. The van der Waals surface area contributed by atoms with Crippen LogP contribution in [0.3, 0.4) is 0 Å². The molecule has 3 aromatic rings. The molecule has 1 aliphatic heterocycles. The number of Topliss-reactive ketones (excluding diaryl/α,β-unsaturated/α-hetero) is 1. The summed E-state index contributed by atoms with van der Waals surface area (Å²) in [4.78, 5) is 27.7. The van der Waals surface area contributed by atoms with Crippen molar-refractivity contribution in [2.24, 2.45) is 0 Å². The Labute approximate surface area is 198 Å². The van der Waals surface area contributed by atoms with Gasteiger partial charge >= 0.3 is 0 Å². The largest absolute Gasteiger partial charge is 0.507 e. The van der Waals surface area contributed by atoms with E-state index in [0.29, 0.717) is 41.6 Å². The second-order valence-corrected chi connectivity index (χ2v) is 7.89. The SMILES string of the molecule is CCCOc1cccc(/C(O)=C2/C(=O)C(=O)N(Cc3ccco3)C2c2cccc(OCC)c2)c1. The fourth-order valence-electron chi connectivity index (χ4n) is 4.01. The van der Waals surface area contributed by atoms with Gasteiger partial charge < -0.3 is 23.9 Å². The van der Waals surface area contributed by atoms with Crippen molar-refractivity contribution >= 4 is 17.4 Å². The van der Waals surface area contributed by atoms with Gasteiger partial charge in [0, 0.05) is 5.56 Å². The smallest absolute Gasteiger partial charge is 0.296 e. The van der Waals surface area contributed by atoms with Crippen LogP contribution in [-0.4, -0.2) is 34.9 Å². The molecule has 7 nitrogen and oxygen atoms in total. The van der Waals surface area contributed by atoms with Gasteiger partial charge in [-0.25, -0.2) is 0 Å². The zero-order chi connectivity index (χ0) is 24.1. The third kappa shape index (κ3) is 4.69. The minimum absolute atomic E-state index is 0.0119. The fraction of sp³-hybridized carbons (Fsp3) is 0.259. The summed E-state index contributed by atoms with van der Waals surface area (Å²) in [6.45, 7) is 4.96. The van der Waals surface area contributed by atoms with Gasteiger partial charge in [-0.3, -0.25) is 9.59 Å². The first-order chi connectivity index (χ1) is 16.5. The Morgan fingerprint density at radius 2 is 1.76 bits per heavy atom. The topological polar surface area (TPSA) is 89.2 Å². The lowest BCUT2D eigenvalue weighted by Gasteiger charge is -2.25. The van der Waals surface area contributed by atoms with E-state index in [0.717, 1.165) is 6.42 Å². The molecule has 1 aliphatic rings. The molecule has 0 radical (unpaired) electrons. The van der Waals surface area contributed by atoms with Gasteiger partial charge in [-0.2, -0.15) is 0 Å². The van der Waals surface area contributed by atoms with Gasteiger partial charge in [-0.15, -0.1) is 0 Å². The van der Waals surface area contributed by atoms with E-state index in [-0.39, 0.29) is 17.9 Å². The Morgan fingerprint density at radius 3 is 2.47 bits per heavy atom. The number of ether oxygens (including phenoxy) is 2. The lowest BCUT2D eigenvalue weighted by molar-refractivity contribution is -0.140. The van der Waals surface area contributed by atoms with Gasteiger partial charge in [0.2, 0.25) is 0 Å². The van der Waals surface area contributed by atoms with Crippen LogP contribution in [0.2, 0.25) is 0 Å². The lowest BCUT2D eigenvalue weighted by Crippen LogP contribution is -2.29. The molecular weight excluding hydrogens is 434 g/mol. The van der Waals surface area contributed by atoms with Crippen molar-refractivity contribution in [2.45, 2.75) is 32.9 Å². The quantitative estimate of drug-likeness (QED) is 0.271. The fourth-order valence-corrected chi connectivity index (χ4v) is 4.01. The van der Waals surface area contributed by atoms with Gasteiger partial charge in [-0.05, 0) is 55.3 Å². The molecule has 1 atom stereocenters. The lowest BCUT2D eigenvalue weighted by atomic mass is 9.95. The second-order valence-electron chi connectivity index (χ2n) is 7.89. The van der Waals surface area contributed by atoms with Crippen LogP contribution < -0.4 is 9.47 Å². The molecule has 1 saturated heterocycles. The number of nitrogens with zero attached hydrogens (tertiary/aromatic N) is 1. The third-order valence-corrected chi connectivity index (χ3v) is 5.51. The summed E-state index contributed by atoms with van der Waals surface area (Å²) in [6, 6.07) is 16.7. The molecule has 1 fully saturated rings. The number of hydrogen-bond acceptors (Lipinski definition) is 6. The number of amides is 1. The van der Waals surface area contributed by atoms with Crippen LogP contribution in [0.1, 0.15) is 43.2 Å². The van der Waals surface area contributed by atoms with Crippen molar-refractivity contribution in [3.05, 3.63) is 89.4 Å². The zero-order valence-corrected chi connectivity index (χ0v) is 19.2. The highest BCUT2D eigenvalue weighted by Crippen LogP contribution is 2.41. The molecule has 2 heterocycles. The number of carbonyl (C=O) groups is 2. The molecule has 1 N–H and O–H groups in total. The second kappa shape index (κ2) is 10.3. The third-order valence-electron chi connectivity index (χ3n) is 5.51. The van der Waals surface area contributed by atoms with Crippen LogP contribution in [-0.2, 0) is 16.1 Å². The molecule has 1 aromatic heterocycles. The minimum Gasteiger partial charge on any atom is -0.507 e. The highest BCUT2D eigenvalue weighted by atomic mass is 16.5. The summed E-state index contributed by atoms with van der Waals surface area (Å²) in [5.41, 5.74) is 1.06. The highest BCUT2D eigenvalue weighted by molar-refractivity contribution is 6.46. The van der Waals surface area contributed by atoms with E-state index in [4.69, 9.17) is 13.9 Å². The summed E-state index contributed by atoms with van der Waals surface area (Å²) in [5.74, 6) is -0.0000669. The summed E-state index contributed by atoms with van der Waals surface area (Å²) >= 11 is 0. The van der Waals surface area contributed by atoms with Gasteiger partial charge in [0.25, 0.3) is 11.7 Å².